The molecule has 3 aliphatic rings. The highest BCUT2D eigenvalue weighted by Crippen LogP contribution is 2.45. The number of nitrogens with one attached hydrogen (secondary N) is 2. The average molecular weight is 584 g/mol. The number of hydrogen-bond acceptors (Lipinski definition) is 7. The Bertz CT molecular complexity index is 1360. The molecular weight excluding hydrogens is 553 g/mol. The number of hydrogen-bond donors (Lipinski definition) is 3. The van der Waals surface area contributed by atoms with Gasteiger partial charge >= 0.3 is 12.2 Å². The van der Waals surface area contributed by atoms with Gasteiger partial charge in [-0.3, -0.25) is 4.90 Å². The van der Waals surface area contributed by atoms with Crippen molar-refractivity contribution < 1.29 is 33.3 Å². The van der Waals surface area contributed by atoms with Crippen molar-refractivity contribution in [1.29, 1.82) is 0 Å². The molecule has 41 heavy (non-hydrogen) atoms. The molecule has 9 nitrogen and oxygen atoms in total. The molecule has 3 N–H and O–H groups in total. The van der Waals surface area contributed by atoms with Crippen LogP contribution in [0.2, 0.25) is 0 Å². The number of nitrogens with zero attached hydrogens (tertiary/aromatic N) is 1. The van der Waals surface area contributed by atoms with Crippen LogP contribution in [0.25, 0.3) is 0 Å². The minimum atomic E-state index is -0.930. The van der Waals surface area contributed by atoms with E-state index >= 15 is 0 Å². The highest BCUT2D eigenvalue weighted by Gasteiger charge is 2.43. The van der Waals surface area contributed by atoms with Crippen molar-refractivity contribution in [2.24, 2.45) is 5.92 Å². The van der Waals surface area contributed by atoms with E-state index in [9.17, 15) is 19.1 Å². The number of carbonyl (C=O) groups is 2. The van der Waals surface area contributed by atoms with Gasteiger partial charge in [0.25, 0.3) is 0 Å². The van der Waals surface area contributed by atoms with E-state index in [0.717, 1.165) is 11.3 Å². The molecule has 2 aromatic carbocycles. The standard InChI is InChI=1S/C30H31ClFN3O6/c1-2-39-29(37)33-16-21(36)17-40-22-8-3-18(4-9-22)28-27-24(25-15-19(31)5-12-26(25)34-27)13-14-35(28)30(38)41-23-10-6-20(32)7-11-23/h3-12,15,21,25-26,28,34,36H,2,13-14,16-17H2,1H3,(H,33,37)/t21-,25?,26?,28+/m1/s1. The summed E-state index contributed by atoms with van der Waals surface area (Å²) in [6.45, 7) is 2.30. The smallest absolute Gasteiger partial charge is 0.416 e. The SMILES string of the molecule is CCOC(=O)NC[C@@H](O)COc1ccc([C@H]2C3=C(CCN2C(=O)Oc2ccc(F)cc2)C2C=C(Cl)C=CC2N3)cc1. The summed E-state index contributed by atoms with van der Waals surface area (Å²) in [6, 6.07) is 12.1. The quantitative estimate of drug-likeness (QED) is 0.410. The van der Waals surface area contributed by atoms with Gasteiger partial charge in [0, 0.05) is 23.2 Å². The van der Waals surface area contributed by atoms with Crippen molar-refractivity contribution in [2.45, 2.75) is 31.5 Å². The number of halogens is 2. The van der Waals surface area contributed by atoms with E-state index in [1.165, 1.54) is 29.8 Å². The highest BCUT2D eigenvalue weighted by atomic mass is 35.5. The zero-order valence-electron chi connectivity index (χ0n) is 22.4. The predicted octanol–water partition coefficient (Wildman–Crippen LogP) is 4.79. The summed E-state index contributed by atoms with van der Waals surface area (Å²) in [5, 5.41) is 16.9. The molecular formula is C30H31ClFN3O6. The summed E-state index contributed by atoms with van der Waals surface area (Å²) in [4.78, 5) is 26.5. The van der Waals surface area contributed by atoms with Gasteiger partial charge in [-0.15, -0.1) is 0 Å². The van der Waals surface area contributed by atoms with Crippen molar-refractivity contribution in [3.05, 3.63) is 94.4 Å². The van der Waals surface area contributed by atoms with Crippen LogP contribution in [-0.4, -0.2) is 60.6 Å². The van der Waals surface area contributed by atoms with Crippen LogP contribution in [-0.2, 0) is 4.74 Å². The zero-order valence-corrected chi connectivity index (χ0v) is 23.1. The van der Waals surface area contributed by atoms with E-state index in [1.54, 1.807) is 24.0 Å². The molecule has 2 heterocycles. The lowest BCUT2D eigenvalue weighted by Gasteiger charge is -2.37. The summed E-state index contributed by atoms with van der Waals surface area (Å²) < 4.78 is 29.5. The number of rotatable bonds is 8. The first-order chi connectivity index (χ1) is 19.8. The number of allylic oxidation sites excluding steroid dienone is 2. The van der Waals surface area contributed by atoms with Crippen molar-refractivity contribution in [3.8, 4) is 11.5 Å². The van der Waals surface area contributed by atoms with Gasteiger partial charge in [0.1, 0.15) is 36.1 Å². The third-order valence-corrected chi connectivity index (χ3v) is 7.37. The second-order valence-electron chi connectivity index (χ2n) is 9.85. The minimum absolute atomic E-state index is 0.0119. The lowest BCUT2D eigenvalue weighted by Crippen LogP contribution is -2.43. The minimum Gasteiger partial charge on any atom is -0.491 e. The first-order valence-electron chi connectivity index (χ1n) is 13.4. The first kappa shape index (κ1) is 28.5. The maximum atomic E-state index is 13.4. The van der Waals surface area contributed by atoms with Crippen LogP contribution in [0.15, 0.2) is 83.1 Å². The molecule has 2 aromatic rings. The zero-order chi connectivity index (χ0) is 28.9. The summed E-state index contributed by atoms with van der Waals surface area (Å²) in [5.74, 6) is 0.436. The maximum absolute atomic E-state index is 13.4. The van der Waals surface area contributed by atoms with E-state index in [-0.39, 0.29) is 37.5 Å². The lowest BCUT2D eigenvalue weighted by atomic mass is 9.85. The van der Waals surface area contributed by atoms with E-state index in [2.05, 4.69) is 10.6 Å². The van der Waals surface area contributed by atoms with Crippen LogP contribution in [0.5, 0.6) is 11.5 Å². The Kier molecular flexibility index (Phi) is 8.80. The van der Waals surface area contributed by atoms with Crippen LogP contribution >= 0.6 is 11.6 Å². The van der Waals surface area contributed by atoms with E-state index in [4.69, 9.17) is 25.8 Å². The van der Waals surface area contributed by atoms with Crippen LogP contribution in [0.1, 0.15) is 24.9 Å². The Labute approximate surface area is 242 Å². The number of aliphatic hydroxyl groups is 1. The third-order valence-electron chi connectivity index (χ3n) is 7.12. The van der Waals surface area contributed by atoms with E-state index in [0.29, 0.717) is 23.7 Å². The molecule has 11 heteroatoms. The Morgan fingerprint density at radius 1 is 1.17 bits per heavy atom. The van der Waals surface area contributed by atoms with Crippen molar-refractivity contribution in [3.63, 3.8) is 0 Å². The van der Waals surface area contributed by atoms with Crippen LogP contribution in [0.3, 0.4) is 0 Å². The Morgan fingerprint density at radius 3 is 2.63 bits per heavy atom. The fourth-order valence-electron chi connectivity index (χ4n) is 5.22. The van der Waals surface area contributed by atoms with E-state index in [1.807, 2.05) is 30.4 Å². The topological polar surface area (TPSA) is 109 Å². The Hall–Kier alpha value is -4.02. The first-order valence-corrected chi connectivity index (χ1v) is 13.8. The van der Waals surface area contributed by atoms with Gasteiger partial charge in [0.05, 0.1) is 19.2 Å². The molecule has 0 fully saturated rings. The molecule has 0 radical (unpaired) electrons. The number of amides is 2. The lowest BCUT2D eigenvalue weighted by molar-refractivity contribution is 0.0991. The van der Waals surface area contributed by atoms with Crippen LogP contribution in [0, 0.1) is 11.7 Å². The van der Waals surface area contributed by atoms with E-state index < -0.39 is 30.1 Å². The number of fused-ring (bicyclic) bond motifs is 2. The molecule has 2 unspecified atom stereocenters. The number of alkyl carbamates (subject to hydrolysis) is 1. The molecule has 4 atom stereocenters. The largest absolute Gasteiger partial charge is 0.491 e. The molecule has 0 bridgehead atoms. The molecule has 2 aliphatic heterocycles. The molecule has 5 rings (SSSR count). The van der Waals surface area contributed by atoms with Gasteiger partial charge in [-0.2, -0.15) is 0 Å². The van der Waals surface area contributed by atoms with Crippen molar-refractivity contribution in [2.75, 3.05) is 26.3 Å². The average Bonchev–Trinajstić information content (AvgIpc) is 3.34. The summed E-state index contributed by atoms with van der Waals surface area (Å²) in [7, 11) is 0. The number of benzene rings is 2. The Balaban J connectivity index is 1.33. The van der Waals surface area contributed by atoms with Gasteiger partial charge in [0.15, 0.2) is 0 Å². The van der Waals surface area contributed by atoms with Crippen LogP contribution < -0.4 is 20.1 Å². The molecule has 0 spiro atoms. The van der Waals surface area contributed by atoms with Gasteiger partial charge in [0.2, 0.25) is 0 Å². The molecule has 0 saturated carbocycles. The van der Waals surface area contributed by atoms with Gasteiger partial charge in [-0.05, 0) is 67.0 Å². The number of ether oxygens (including phenoxy) is 3. The normalized spacial score (nSPS) is 21.7. The molecule has 2 amide bonds. The predicted molar refractivity (Wildman–Crippen MR) is 150 cm³/mol. The highest BCUT2D eigenvalue weighted by molar-refractivity contribution is 6.31. The monoisotopic (exact) mass is 583 g/mol. The van der Waals surface area contributed by atoms with Crippen molar-refractivity contribution in [1.82, 2.24) is 15.5 Å². The second-order valence-corrected chi connectivity index (χ2v) is 10.3. The maximum Gasteiger partial charge on any atom is 0.416 e. The third kappa shape index (κ3) is 6.66. The summed E-state index contributed by atoms with van der Waals surface area (Å²) >= 11 is 6.32. The summed E-state index contributed by atoms with van der Waals surface area (Å²) in [6.07, 6.45) is 4.49. The van der Waals surface area contributed by atoms with Crippen molar-refractivity contribution >= 4 is 23.8 Å². The Morgan fingerprint density at radius 2 is 1.90 bits per heavy atom. The fourth-order valence-corrected chi connectivity index (χ4v) is 5.43. The molecule has 216 valence electrons. The molecule has 0 aromatic heterocycles. The molecule has 0 saturated heterocycles. The number of carbonyl (C=O) groups excluding carboxylic acids is 2. The number of aliphatic hydroxyl groups excluding tert-OH is 1. The van der Waals surface area contributed by atoms with Gasteiger partial charge in [-0.25, -0.2) is 14.0 Å². The van der Waals surface area contributed by atoms with Gasteiger partial charge in [-0.1, -0.05) is 35.9 Å². The molecule has 1 aliphatic carbocycles. The fraction of sp³-hybridized carbons (Fsp3) is 0.333. The summed E-state index contributed by atoms with van der Waals surface area (Å²) in [5.41, 5.74) is 2.94. The van der Waals surface area contributed by atoms with Crippen LogP contribution in [0.4, 0.5) is 14.0 Å². The van der Waals surface area contributed by atoms with Gasteiger partial charge < -0.3 is 30.0 Å². The second kappa shape index (κ2) is 12.7.